The first-order valence-electron chi connectivity index (χ1n) is 6.26. The van der Waals surface area contributed by atoms with Crippen LogP contribution in [-0.2, 0) is 16.6 Å². The Labute approximate surface area is 124 Å². The van der Waals surface area contributed by atoms with Crippen molar-refractivity contribution in [2.45, 2.75) is 18.4 Å². The Hall–Kier alpha value is -2.12. The van der Waals surface area contributed by atoms with Crippen molar-refractivity contribution >= 4 is 15.7 Å². The zero-order valence-electron chi connectivity index (χ0n) is 11.8. The SMILES string of the molecule is COc1ccc(CNc2ccc(C)c(S(N)(=O)=O)c2)cn1. The lowest BCUT2D eigenvalue weighted by Crippen LogP contribution is -2.14. The monoisotopic (exact) mass is 307 g/mol. The normalized spacial score (nSPS) is 11.2. The van der Waals surface area contributed by atoms with Crippen LogP contribution in [0.15, 0.2) is 41.4 Å². The molecule has 1 aromatic carbocycles. The topological polar surface area (TPSA) is 94.3 Å². The summed E-state index contributed by atoms with van der Waals surface area (Å²) < 4.78 is 27.9. The molecule has 0 aliphatic heterocycles. The number of methoxy groups -OCH3 is 1. The number of pyridine rings is 1. The number of primary sulfonamides is 1. The van der Waals surface area contributed by atoms with Gasteiger partial charge in [0, 0.05) is 24.5 Å². The largest absolute Gasteiger partial charge is 0.481 e. The van der Waals surface area contributed by atoms with Gasteiger partial charge in [-0.15, -0.1) is 0 Å². The van der Waals surface area contributed by atoms with E-state index in [0.717, 1.165) is 5.56 Å². The first-order chi connectivity index (χ1) is 9.90. The molecule has 0 amide bonds. The van der Waals surface area contributed by atoms with Gasteiger partial charge in [0.25, 0.3) is 0 Å². The maximum Gasteiger partial charge on any atom is 0.238 e. The molecule has 0 fully saturated rings. The van der Waals surface area contributed by atoms with Gasteiger partial charge in [-0.3, -0.25) is 0 Å². The minimum atomic E-state index is -3.72. The predicted molar refractivity (Wildman–Crippen MR) is 80.7 cm³/mol. The molecular formula is C14H17N3O3S. The van der Waals surface area contributed by atoms with Crippen LogP contribution in [0.25, 0.3) is 0 Å². The Balaban J connectivity index is 2.13. The highest BCUT2D eigenvalue weighted by Gasteiger charge is 2.11. The third-order valence-corrected chi connectivity index (χ3v) is 4.05. The number of aryl methyl sites for hydroxylation is 1. The van der Waals surface area contributed by atoms with Gasteiger partial charge in [0.1, 0.15) is 0 Å². The molecule has 1 heterocycles. The van der Waals surface area contributed by atoms with E-state index in [0.29, 0.717) is 23.7 Å². The molecule has 0 radical (unpaired) electrons. The molecule has 0 atom stereocenters. The molecule has 0 saturated heterocycles. The average molecular weight is 307 g/mol. The number of aromatic nitrogens is 1. The van der Waals surface area contributed by atoms with Crippen LogP contribution in [0.2, 0.25) is 0 Å². The van der Waals surface area contributed by atoms with Gasteiger partial charge in [0.2, 0.25) is 15.9 Å². The minimum absolute atomic E-state index is 0.125. The molecule has 0 saturated carbocycles. The Kier molecular flexibility index (Phi) is 4.44. The number of benzene rings is 1. The smallest absolute Gasteiger partial charge is 0.238 e. The van der Waals surface area contributed by atoms with E-state index in [9.17, 15) is 8.42 Å². The van der Waals surface area contributed by atoms with Crippen molar-refractivity contribution in [3.05, 3.63) is 47.7 Å². The average Bonchev–Trinajstić information content (AvgIpc) is 2.45. The predicted octanol–water partition coefficient (Wildman–Crippen LogP) is 1.66. The van der Waals surface area contributed by atoms with Crippen LogP contribution in [-0.4, -0.2) is 20.5 Å². The maximum atomic E-state index is 11.5. The van der Waals surface area contributed by atoms with E-state index >= 15 is 0 Å². The molecule has 21 heavy (non-hydrogen) atoms. The van der Waals surface area contributed by atoms with Crippen molar-refractivity contribution in [2.75, 3.05) is 12.4 Å². The number of anilines is 1. The summed E-state index contributed by atoms with van der Waals surface area (Å²) in [6.45, 7) is 2.22. The quantitative estimate of drug-likeness (QED) is 0.876. The van der Waals surface area contributed by atoms with Crippen molar-refractivity contribution < 1.29 is 13.2 Å². The van der Waals surface area contributed by atoms with Gasteiger partial charge in [-0.05, 0) is 30.2 Å². The molecule has 2 rings (SSSR count). The van der Waals surface area contributed by atoms with Crippen LogP contribution in [0.3, 0.4) is 0 Å². The van der Waals surface area contributed by atoms with Crippen molar-refractivity contribution in [3.63, 3.8) is 0 Å². The summed E-state index contributed by atoms with van der Waals surface area (Å²) in [7, 11) is -2.16. The summed E-state index contributed by atoms with van der Waals surface area (Å²) in [5, 5.41) is 8.32. The second-order valence-corrected chi connectivity index (χ2v) is 6.12. The number of nitrogens with two attached hydrogens (primary N) is 1. The Bertz CT molecular complexity index is 728. The Morgan fingerprint density at radius 2 is 2.05 bits per heavy atom. The van der Waals surface area contributed by atoms with E-state index in [1.54, 1.807) is 38.4 Å². The molecule has 3 N–H and O–H groups in total. The summed E-state index contributed by atoms with van der Waals surface area (Å²) in [6, 6.07) is 8.70. The second-order valence-electron chi connectivity index (χ2n) is 4.59. The van der Waals surface area contributed by atoms with Gasteiger partial charge in [0.05, 0.1) is 12.0 Å². The van der Waals surface area contributed by atoms with Crippen LogP contribution < -0.4 is 15.2 Å². The highest BCUT2D eigenvalue weighted by atomic mass is 32.2. The Morgan fingerprint density at radius 3 is 2.62 bits per heavy atom. The molecule has 112 valence electrons. The van der Waals surface area contributed by atoms with Gasteiger partial charge < -0.3 is 10.1 Å². The lowest BCUT2D eigenvalue weighted by Gasteiger charge is -2.10. The number of hydrogen-bond acceptors (Lipinski definition) is 5. The molecule has 0 bridgehead atoms. The minimum Gasteiger partial charge on any atom is -0.481 e. The lowest BCUT2D eigenvalue weighted by molar-refractivity contribution is 0.397. The molecule has 0 spiro atoms. The van der Waals surface area contributed by atoms with Gasteiger partial charge in [-0.1, -0.05) is 12.1 Å². The van der Waals surface area contributed by atoms with Gasteiger partial charge in [0.15, 0.2) is 0 Å². The standard InChI is InChI=1S/C14H17N3O3S/c1-10-3-5-12(7-13(10)21(15,18)19)16-8-11-4-6-14(20-2)17-9-11/h3-7,9,16H,8H2,1-2H3,(H2,15,18,19). The van der Waals surface area contributed by atoms with Gasteiger partial charge in [-0.25, -0.2) is 18.5 Å². The first-order valence-corrected chi connectivity index (χ1v) is 7.81. The summed E-state index contributed by atoms with van der Waals surface area (Å²) in [5.41, 5.74) is 2.25. The molecule has 2 aromatic rings. The molecule has 6 nitrogen and oxygen atoms in total. The third-order valence-electron chi connectivity index (χ3n) is 3.00. The second kappa shape index (κ2) is 6.11. The summed E-state index contributed by atoms with van der Waals surface area (Å²) in [4.78, 5) is 4.23. The highest BCUT2D eigenvalue weighted by Crippen LogP contribution is 2.19. The first kappa shape index (κ1) is 15.3. The van der Waals surface area contributed by atoms with Gasteiger partial charge in [-0.2, -0.15) is 0 Å². The fourth-order valence-electron chi connectivity index (χ4n) is 1.86. The third kappa shape index (κ3) is 3.93. The summed E-state index contributed by atoms with van der Waals surface area (Å²) in [5.74, 6) is 0.547. The summed E-state index contributed by atoms with van der Waals surface area (Å²) >= 11 is 0. The van der Waals surface area contributed by atoms with Crippen molar-refractivity contribution in [3.8, 4) is 5.88 Å². The highest BCUT2D eigenvalue weighted by molar-refractivity contribution is 7.89. The molecule has 1 aromatic heterocycles. The maximum absolute atomic E-state index is 11.5. The van der Waals surface area contributed by atoms with E-state index < -0.39 is 10.0 Å². The number of nitrogens with one attached hydrogen (secondary N) is 1. The van der Waals surface area contributed by atoms with Crippen LogP contribution in [0, 0.1) is 6.92 Å². The van der Waals surface area contributed by atoms with Crippen LogP contribution in [0.1, 0.15) is 11.1 Å². The number of sulfonamides is 1. The molecular weight excluding hydrogens is 290 g/mol. The molecule has 0 unspecified atom stereocenters. The van der Waals surface area contributed by atoms with Crippen molar-refractivity contribution in [2.24, 2.45) is 5.14 Å². The van der Waals surface area contributed by atoms with E-state index in [4.69, 9.17) is 9.88 Å². The van der Waals surface area contributed by atoms with Gasteiger partial charge >= 0.3 is 0 Å². The van der Waals surface area contributed by atoms with Crippen LogP contribution >= 0.6 is 0 Å². The van der Waals surface area contributed by atoms with E-state index in [-0.39, 0.29) is 4.90 Å². The number of ether oxygens (including phenoxy) is 1. The zero-order chi connectivity index (χ0) is 15.5. The van der Waals surface area contributed by atoms with Crippen LogP contribution in [0.4, 0.5) is 5.69 Å². The van der Waals surface area contributed by atoms with Crippen LogP contribution in [0.5, 0.6) is 5.88 Å². The Morgan fingerprint density at radius 1 is 1.29 bits per heavy atom. The molecule has 7 heteroatoms. The number of nitrogens with zero attached hydrogens (tertiary/aromatic N) is 1. The summed E-state index contributed by atoms with van der Waals surface area (Å²) in [6.07, 6.45) is 1.70. The number of hydrogen-bond donors (Lipinski definition) is 2. The fourth-order valence-corrected chi connectivity index (χ4v) is 2.66. The molecule has 0 aliphatic rings. The van der Waals surface area contributed by atoms with E-state index in [2.05, 4.69) is 10.3 Å². The van der Waals surface area contributed by atoms with Crippen molar-refractivity contribution in [1.29, 1.82) is 0 Å². The fraction of sp³-hybridized carbons (Fsp3) is 0.214. The number of rotatable bonds is 5. The van der Waals surface area contributed by atoms with E-state index in [1.165, 1.54) is 6.07 Å². The molecule has 0 aliphatic carbocycles. The lowest BCUT2D eigenvalue weighted by atomic mass is 10.2. The van der Waals surface area contributed by atoms with E-state index in [1.807, 2.05) is 6.07 Å². The van der Waals surface area contributed by atoms with Crippen molar-refractivity contribution in [1.82, 2.24) is 4.98 Å². The zero-order valence-corrected chi connectivity index (χ0v) is 12.6.